The summed E-state index contributed by atoms with van der Waals surface area (Å²) in [4.78, 5) is 29.6. The Morgan fingerprint density at radius 3 is 2.62 bits per heavy atom. The van der Waals surface area contributed by atoms with Gasteiger partial charge in [-0.15, -0.1) is 0 Å². The van der Waals surface area contributed by atoms with Crippen molar-refractivity contribution in [2.24, 2.45) is 0 Å². The van der Waals surface area contributed by atoms with Crippen LogP contribution in [0.5, 0.6) is 5.75 Å². The number of likely N-dealkylation sites (tertiary alicyclic amines) is 1. The maximum absolute atomic E-state index is 12.8. The van der Waals surface area contributed by atoms with Crippen LogP contribution in [0.4, 0.5) is 0 Å². The minimum Gasteiger partial charge on any atom is -0.490 e. The van der Waals surface area contributed by atoms with E-state index in [2.05, 4.69) is 15.2 Å². The molecule has 198 valence electrons. The molecule has 1 saturated heterocycles. The van der Waals surface area contributed by atoms with Crippen molar-refractivity contribution in [2.75, 3.05) is 32.4 Å². The number of aliphatic hydroxyl groups is 1. The Morgan fingerprint density at radius 1 is 1.22 bits per heavy atom. The lowest BCUT2D eigenvalue weighted by molar-refractivity contribution is 0.0594. The molecular formula is C26H30ClN3O6S. The number of aromatic nitrogens is 1. The molecule has 0 saturated carbocycles. The highest BCUT2D eigenvalue weighted by Gasteiger charge is 2.23. The lowest BCUT2D eigenvalue weighted by atomic mass is 10.1. The molecule has 2 aromatic carbocycles. The average molecular weight is 548 g/mol. The predicted molar refractivity (Wildman–Crippen MR) is 142 cm³/mol. The van der Waals surface area contributed by atoms with Gasteiger partial charge in [0.25, 0.3) is 11.5 Å². The van der Waals surface area contributed by atoms with E-state index in [0.29, 0.717) is 17.0 Å². The maximum Gasteiger partial charge on any atom is 0.255 e. The number of fused-ring (bicyclic) bond motifs is 1. The number of aliphatic hydroxyl groups excluding tert-OH is 1. The highest BCUT2D eigenvalue weighted by molar-refractivity contribution is 7.90. The minimum absolute atomic E-state index is 0.00434. The molecule has 1 aromatic heterocycles. The van der Waals surface area contributed by atoms with Crippen LogP contribution in [0.15, 0.2) is 52.3 Å². The number of ether oxygens (including phenoxy) is 1. The fourth-order valence-corrected chi connectivity index (χ4v) is 5.19. The van der Waals surface area contributed by atoms with Gasteiger partial charge >= 0.3 is 0 Å². The maximum atomic E-state index is 12.8. The van der Waals surface area contributed by atoms with Gasteiger partial charge < -0.3 is 25.0 Å². The Balaban J connectivity index is 1.29. The van der Waals surface area contributed by atoms with Crippen molar-refractivity contribution in [3.8, 4) is 5.75 Å². The Morgan fingerprint density at radius 2 is 1.95 bits per heavy atom. The highest BCUT2D eigenvalue weighted by Crippen LogP contribution is 2.25. The molecule has 1 atom stereocenters. The lowest BCUT2D eigenvalue weighted by Crippen LogP contribution is -2.45. The van der Waals surface area contributed by atoms with Gasteiger partial charge in [0.05, 0.1) is 16.6 Å². The molecule has 0 spiro atoms. The number of hydrogen-bond donors (Lipinski definition) is 3. The van der Waals surface area contributed by atoms with Gasteiger partial charge in [-0.05, 0) is 49.6 Å². The monoisotopic (exact) mass is 547 g/mol. The Bertz CT molecular complexity index is 1460. The fraction of sp³-hybridized carbons (Fsp3) is 0.385. The number of carbonyl (C=O) groups is 1. The summed E-state index contributed by atoms with van der Waals surface area (Å²) in [6.07, 6.45) is 3.24. The van der Waals surface area contributed by atoms with E-state index in [1.807, 2.05) is 25.1 Å². The molecule has 0 aliphatic carbocycles. The van der Waals surface area contributed by atoms with E-state index in [1.54, 1.807) is 0 Å². The Kier molecular flexibility index (Phi) is 8.23. The number of amides is 1. The first-order valence-electron chi connectivity index (χ1n) is 12.0. The number of aromatic amines is 1. The third-order valence-corrected chi connectivity index (χ3v) is 8.01. The van der Waals surface area contributed by atoms with Gasteiger partial charge in [-0.3, -0.25) is 9.59 Å². The molecule has 1 fully saturated rings. The number of benzene rings is 2. The molecular weight excluding hydrogens is 518 g/mol. The summed E-state index contributed by atoms with van der Waals surface area (Å²) in [7, 11) is -3.51. The fourth-order valence-electron chi connectivity index (χ4n) is 4.38. The van der Waals surface area contributed by atoms with Crippen molar-refractivity contribution in [1.82, 2.24) is 15.2 Å². The molecule has 37 heavy (non-hydrogen) atoms. The van der Waals surface area contributed by atoms with Crippen LogP contribution in [0.2, 0.25) is 5.02 Å². The van der Waals surface area contributed by atoms with E-state index in [0.717, 1.165) is 43.5 Å². The zero-order valence-electron chi connectivity index (χ0n) is 20.7. The van der Waals surface area contributed by atoms with E-state index in [1.165, 1.54) is 24.4 Å². The minimum atomic E-state index is -3.51. The van der Waals surface area contributed by atoms with Gasteiger partial charge in [-0.25, -0.2) is 8.42 Å². The van der Waals surface area contributed by atoms with E-state index in [9.17, 15) is 23.1 Å². The normalized spacial score (nSPS) is 16.0. The number of β-amino-alcohol motifs (C(OH)–C–C–N with tert-alkyl or cyclic N) is 1. The van der Waals surface area contributed by atoms with Crippen LogP contribution in [-0.2, 0) is 9.84 Å². The first-order chi connectivity index (χ1) is 17.5. The van der Waals surface area contributed by atoms with Gasteiger partial charge in [0.2, 0.25) is 0 Å². The largest absolute Gasteiger partial charge is 0.490 e. The van der Waals surface area contributed by atoms with Gasteiger partial charge in [0.15, 0.2) is 9.84 Å². The summed E-state index contributed by atoms with van der Waals surface area (Å²) in [5.41, 5.74) is 0.700. The molecule has 0 radical (unpaired) electrons. The second-order valence-electron chi connectivity index (χ2n) is 9.40. The SMILES string of the molecule is Cc1ccc(OC2CCN(C[C@H](O)CNC(=O)c3c[nH]c(=O)c4cc(S(C)(=O)=O)ccc34)CC2)cc1Cl. The van der Waals surface area contributed by atoms with Crippen LogP contribution in [-0.4, -0.2) is 74.0 Å². The van der Waals surface area contributed by atoms with Crippen molar-refractivity contribution in [3.05, 3.63) is 69.1 Å². The first-order valence-corrected chi connectivity index (χ1v) is 14.2. The van der Waals surface area contributed by atoms with Gasteiger partial charge in [0.1, 0.15) is 11.9 Å². The topological polar surface area (TPSA) is 129 Å². The van der Waals surface area contributed by atoms with Crippen LogP contribution < -0.4 is 15.6 Å². The standard InChI is InChI=1S/C26H30ClN3O6S/c1-16-3-4-19(11-24(16)27)36-18-7-9-30(10-8-18)15-17(31)13-28-26(33)23-14-29-25(32)22-12-20(37(2,34)35)5-6-21(22)23/h3-6,11-12,14,17-18,31H,7-10,13,15H2,1-2H3,(H,28,33)(H,29,32)/t17-/m1/s1. The number of H-pyrrole nitrogens is 1. The molecule has 2 heterocycles. The predicted octanol–water partition coefficient (Wildman–Crippen LogP) is 2.53. The van der Waals surface area contributed by atoms with Crippen molar-refractivity contribution < 1.29 is 23.1 Å². The Labute approximate surface area is 220 Å². The number of pyridine rings is 1. The van der Waals surface area contributed by atoms with E-state index >= 15 is 0 Å². The smallest absolute Gasteiger partial charge is 0.255 e. The molecule has 1 amide bonds. The van der Waals surface area contributed by atoms with Crippen molar-refractivity contribution in [2.45, 2.75) is 36.9 Å². The molecule has 0 bridgehead atoms. The third-order valence-electron chi connectivity index (χ3n) is 6.49. The molecule has 0 unspecified atom stereocenters. The number of nitrogens with one attached hydrogen (secondary N) is 2. The highest BCUT2D eigenvalue weighted by atomic mass is 35.5. The van der Waals surface area contributed by atoms with Crippen molar-refractivity contribution >= 4 is 38.1 Å². The van der Waals surface area contributed by atoms with Crippen LogP contribution in [0, 0.1) is 6.92 Å². The molecule has 1 aliphatic rings. The van der Waals surface area contributed by atoms with Crippen LogP contribution in [0.25, 0.3) is 10.8 Å². The Hall–Kier alpha value is -2.92. The number of rotatable bonds is 8. The number of piperidine rings is 1. The van der Waals surface area contributed by atoms with Gasteiger partial charge in [-0.2, -0.15) is 0 Å². The van der Waals surface area contributed by atoms with E-state index in [-0.39, 0.29) is 28.5 Å². The number of hydrogen-bond acceptors (Lipinski definition) is 7. The van der Waals surface area contributed by atoms with Crippen LogP contribution in [0.1, 0.15) is 28.8 Å². The van der Waals surface area contributed by atoms with Crippen LogP contribution >= 0.6 is 11.6 Å². The lowest BCUT2D eigenvalue weighted by Gasteiger charge is -2.33. The molecule has 9 nitrogen and oxygen atoms in total. The van der Waals surface area contributed by atoms with Gasteiger partial charge in [0, 0.05) is 54.4 Å². The molecule has 11 heteroatoms. The van der Waals surface area contributed by atoms with Crippen LogP contribution in [0.3, 0.4) is 0 Å². The molecule has 3 aromatic rings. The number of aryl methyl sites for hydroxylation is 1. The quantitative estimate of drug-likeness (QED) is 0.395. The second-order valence-corrected chi connectivity index (χ2v) is 11.8. The molecule has 1 aliphatic heterocycles. The second kappa shape index (κ2) is 11.2. The molecule has 4 rings (SSSR count). The summed E-state index contributed by atoms with van der Waals surface area (Å²) >= 11 is 6.18. The van der Waals surface area contributed by atoms with E-state index in [4.69, 9.17) is 16.3 Å². The van der Waals surface area contributed by atoms with Crippen molar-refractivity contribution in [3.63, 3.8) is 0 Å². The number of halogens is 1. The zero-order chi connectivity index (χ0) is 26.7. The average Bonchev–Trinajstić information content (AvgIpc) is 2.85. The third kappa shape index (κ3) is 6.70. The first kappa shape index (κ1) is 27.1. The zero-order valence-corrected chi connectivity index (χ0v) is 22.2. The summed E-state index contributed by atoms with van der Waals surface area (Å²) in [6, 6.07) is 9.74. The number of carbonyl (C=O) groups excluding carboxylic acids is 1. The van der Waals surface area contributed by atoms with E-state index < -0.39 is 27.4 Å². The summed E-state index contributed by atoms with van der Waals surface area (Å²) in [5, 5.41) is 14.3. The summed E-state index contributed by atoms with van der Waals surface area (Å²) in [5.74, 6) is 0.274. The summed E-state index contributed by atoms with van der Waals surface area (Å²) in [6.45, 7) is 3.87. The summed E-state index contributed by atoms with van der Waals surface area (Å²) < 4.78 is 29.7. The van der Waals surface area contributed by atoms with Gasteiger partial charge in [-0.1, -0.05) is 23.7 Å². The number of sulfone groups is 1. The number of nitrogens with zero attached hydrogens (tertiary/aromatic N) is 1. The molecule has 3 N–H and O–H groups in total. The van der Waals surface area contributed by atoms with Crippen molar-refractivity contribution in [1.29, 1.82) is 0 Å².